The molecular formula is C15H19BrN4O2. The molecule has 6 nitrogen and oxygen atoms in total. The predicted octanol–water partition coefficient (Wildman–Crippen LogP) is 1.47. The lowest BCUT2D eigenvalue weighted by atomic mass is 10.3. The molecule has 1 N–H and O–H groups in total. The number of aryl methyl sites for hydroxylation is 1. The molecule has 118 valence electrons. The van der Waals surface area contributed by atoms with Crippen molar-refractivity contribution in [2.75, 3.05) is 39.4 Å². The molecule has 1 aliphatic rings. The van der Waals surface area contributed by atoms with Crippen LogP contribution in [-0.2, 0) is 4.74 Å². The van der Waals surface area contributed by atoms with Crippen molar-refractivity contribution in [3.8, 4) is 0 Å². The minimum atomic E-state index is -0.0867. The third-order valence-electron chi connectivity index (χ3n) is 3.79. The monoisotopic (exact) mass is 366 g/mol. The Morgan fingerprint density at radius 2 is 2.18 bits per heavy atom. The Balaban J connectivity index is 1.66. The zero-order valence-corrected chi connectivity index (χ0v) is 14.1. The average molecular weight is 367 g/mol. The number of carbonyl (C=O) groups is 1. The Labute approximate surface area is 137 Å². The number of nitrogens with one attached hydrogen (secondary N) is 1. The molecule has 0 saturated carbocycles. The maximum Gasteiger partial charge on any atom is 0.270 e. The van der Waals surface area contributed by atoms with Gasteiger partial charge in [-0.05, 0) is 35.0 Å². The number of fused-ring (bicyclic) bond motifs is 1. The number of nitrogens with zero attached hydrogens (tertiary/aromatic N) is 3. The number of ether oxygens (including phenoxy) is 1. The predicted molar refractivity (Wildman–Crippen MR) is 87.2 cm³/mol. The van der Waals surface area contributed by atoms with Crippen molar-refractivity contribution < 1.29 is 9.53 Å². The first-order valence-corrected chi connectivity index (χ1v) is 8.17. The summed E-state index contributed by atoms with van der Waals surface area (Å²) in [4.78, 5) is 19.2. The van der Waals surface area contributed by atoms with Crippen LogP contribution in [0.3, 0.4) is 0 Å². The molecule has 0 bridgehead atoms. The summed E-state index contributed by atoms with van der Waals surface area (Å²) in [6, 6.07) is 3.81. The summed E-state index contributed by atoms with van der Waals surface area (Å²) >= 11 is 3.43. The van der Waals surface area contributed by atoms with E-state index in [1.165, 1.54) is 0 Å². The number of imidazole rings is 1. The SMILES string of the molecule is Cc1nc2ccc(Br)cn2c1C(=O)NCCN1CCOCC1. The van der Waals surface area contributed by atoms with E-state index >= 15 is 0 Å². The van der Waals surface area contributed by atoms with Gasteiger partial charge >= 0.3 is 0 Å². The van der Waals surface area contributed by atoms with Gasteiger partial charge in [-0.1, -0.05) is 0 Å². The van der Waals surface area contributed by atoms with Crippen LogP contribution in [0, 0.1) is 6.92 Å². The van der Waals surface area contributed by atoms with Gasteiger partial charge in [-0.25, -0.2) is 4.98 Å². The molecule has 0 atom stereocenters. The molecule has 0 unspecified atom stereocenters. The molecule has 1 saturated heterocycles. The van der Waals surface area contributed by atoms with Crippen LogP contribution in [0.5, 0.6) is 0 Å². The highest BCUT2D eigenvalue weighted by molar-refractivity contribution is 9.10. The second-order valence-electron chi connectivity index (χ2n) is 5.33. The van der Waals surface area contributed by atoms with Crippen LogP contribution < -0.4 is 5.32 Å². The van der Waals surface area contributed by atoms with Crippen LogP contribution >= 0.6 is 15.9 Å². The highest BCUT2D eigenvalue weighted by atomic mass is 79.9. The summed E-state index contributed by atoms with van der Waals surface area (Å²) in [5, 5.41) is 2.99. The normalized spacial score (nSPS) is 16.1. The van der Waals surface area contributed by atoms with E-state index in [1.807, 2.05) is 29.7 Å². The number of halogens is 1. The van der Waals surface area contributed by atoms with Gasteiger partial charge in [0.15, 0.2) is 0 Å². The molecule has 1 amide bonds. The lowest BCUT2D eigenvalue weighted by Gasteiger charge is -2.26. The van der Waals surface area contributed by atoms with Crippen LogP contribution in [0.15, 0.2) is 22.8 Å². The number of hydrogen-bond acceptors (Lipinski definition) is 4. The molecule has 0 aliphatic carbocycles. The van der Waals surface area contributed by atoms with Crippen LogP contribution in [-0.4, -0.2) is 59.6 Å². The van der Waals surface area contributed by atoms with E-state index in [0.29, 0.717) is 12.2 Å². The van der Waals surface area contributed by atoms with Gasteiger partial charge in [0.25, 0.3) is 5.91 Å². The first-order chi connectivity index (χ1) is 10.6. The molecular weight excluding hydrogens is 348 g/mol. The smallest absolute Gasteiger partial charge is 0.270 e. The van der Waals surface area contributed by atoms with Crippen LogP contribution in [0.2, 0.25) is 0 Å². The first-order valence-electron chi connectivity index (χ1n) is 7.37. The maximum absolute atomic E-state index is 12.5. The van der Waals surface area contributed by atoms with Gasteiger partial charge in [0.2, 0.25) is 0 Å². The van der Waals surface area contributed by atoms with Gasteiger partial charge in [-0.2, -0.15) is 0 Å². The maximum atomic E-state index is 12.5. The number of carbonyl (C=O) groups excluding carboxylic acids is 1. The highest BCUT2D eigenvalue weighted by Crippen LogP contribution is 2.16. The molecule has 22 heavy (non-hydrogen) atoms. The summed E-state index contributed by atoms with van der Waals surface area (Å²) in [7, 11) is 0. The number of morpholine rings is 1. The summed E-state index contributed by atoms with van der Waals surface area (Å²) < 4.78 is 8.06. The Morgan fingerprint density at radius 1 is 1.41 bits per heavy atom. The molecule has 7 heteroatoms. The molecule has 1 fully saturated rings. The lowest BCUT2D eigenvalue weighted by Crippen LogP contribution is -2.41. The van der Waals surface area contributed by atoms with Gasteiger partial charge in [-0.15, -0.1) is 0 Å². The lowest BCUT2D eigenvalue weighted by molar-refractivity contribution is 0.0383. The van der Waals surface area contributed by atoms with Crippen LogP contribution in [0.4, 0.5) is 0 Å². The topological polar surface area (TPSA) is 58.9 Å². The summed E-state index contributed by atoms with van der Waals surface area (Å²) in [6.45, 7) is 6.73. The third-order valence-corrected chi connectivity index (χ3v) is 4.26. The fraction of sp³-hybridized carbons (Fsp3) is 0.467. The Hall–Kier alpha value is -1.44. The zero-order valence-electron chi connectivity index (χ0n) is 12.5. The highest BCUT2D eigenvalue weighted by Gasteiger charge is 2.17. The van der Waals surface area contributed by atoms with Gasteiger partial charge in [-0.3, -0.25) is 14.1 Å². The van der Waals surface area contributed by atoms with Crippen molar-refractivity contribution in [3.05, 3.63) is 34.2 Å². The van der Waals surface area contributed by atoms with Gasteiger partial charge in [0.1, 0.15) is 11.3 Å². The van der Waals surface area contributed by atoms with E-state index in [9.17, 15) is 4.79 Å². The molecule has 2 aromatic rings. The van der Waals surface area contributed by atoms with E-state index in [1.54, 1.807) is 0 Å². The van der Waals surface area contributed by atoms with Crippen LogP contribution in [0.1, 0.15) is 16.2 Å². The standard InChI is InChI=1S/C15H19BrN4O2/c1-11-14(20-10-12(16)2-3-13(20)18-11)15(21)17-4-5-19-6-8-22-9-7-19/h2-3,10H,4-9H2,1H3,(H,17,21). The molecule has 2 aromatic heterocycles. The van der Waals surface area contributed by atoms with Crippen molar-refractivity contribution in [3.63, 3.8) is 0 Å². The first kappa shape index (κ1) is 15.5. The van der Waals surface area contributed by atoms with Crippen molar-refractivity contribution in [2.45, 2.75) is 6.92 Å². The number of rotatable bonds is 4. The molecule has 0 spiro atoms. The fourth-order valence-electron chi connectivity index (χ4n) is 2.65. The van der Waals surface area contributed by atoms with Gasteiger partial charge < -0.3 is 10.1 Å². The molecule has 3 heterocycles. The van der Waals surface area contributed by atoms with Crippen molar-refractivity contribution in [2.24, 2.45) is 0 Å². The summed E-state index contributed by atoms with van der Waals surface area (Å²) in [5.41, 5.74) is 2.11. The number of amides is 1. The summed E-state index contributed by atoms with van der Waals surface area (Å²) in [6.07, 6.45) is 1.87. The van der Waals surface area contributed by atoms with Crippen molar-refractivity contribution in [1.82, 2.24) is 19.6 Å². The number of pyridine rings is 1. The molecule has 3 rings (SSSR count). The second kappa shape index (κ2) is 6.76. The minimum absolute atomic E-state index is 0.0867. The Bertz CT molecular complexity index is 679. The van der Waals surface area contributed by atoms with E-state index in [0.717, 1.165) is 48.7 Å². The number of hydrogen-bond donors (Lipinski definition) is 1. The van der Waals surface area contributed by atoms with E-state index in [-0.39, 0.29) is 5.91 Å². The zero-order chi connectivity index (χ0) is 15.5. The Kier molecular flexibility index (Phi) is 4.75. The van der Waals surface area contributed by atoms with Crippen molar-refractivity contribution in [1.29, 1.82) is 0 Å². The van der Waals surface area contributed by atoms with Crippen molar-refractivity contribution >= 4 is 27.5 Å². The third kappa shape index (κ3) is 3.31. The fourth-order valence-corrected chi connectivity index (χ4v) is 2.98. The van der Waals surface area contributed by atoms with Gasteiger partial charge in [0.05, 0.1) is 18.9 Å². The Morgan fingerprint density at radius 3 is 2.95 bits per heavy atom. The minimum Gasteiger partial charge on any atom is -0.379 e. The van der Waals surface area contributed by atoms with E-state index < -0.39 is 0 Å². The van der Waals surface area contributed by atoms with E-state index in [2.05, 4.69) is 31.1 Å². The molecule has 0 radical (unpaired) electrons. The van der Waals surface area contributed by atoms with Gasteiger partial charge in [0, 0.05) is 36.8 Å². The second-order valence-corrected chi connectivity index (χ2v) is 6.25. The average Bonchev–Trinajstić information content (AvgIpc) is 2.83. The quantitative estimate of drug-likeness (QED) is 0.889. The molecule has 0 aromatic carbocycles. The van der Waals surface area contributed by atoms with E-state index in [4.69, 9.17) is 4.74 Å². The number of aromatic nitrogens is 2. The largest absolute Gasteiger partial charge is 0.379 e. The van der Waals surface area contributed by atoms with Crippen LogP contribution in [0.25, 0.3) is 5.65 Å². The molecule has 1 aliphatic heterocycles. The summed E-state index contributed by atoms with van der Waals surface area (Å²) in [5.74, 6) is -0.0867.